The summed E-state index contributed by atoms with van der Waals surface area (Å²) >= 11 is 6.12. The Hall–Kier alpha value is 0.460. The molecule has 0 saturated carbocycles. The van der Waals surface area contributed by atoms with E-state index < -0.39 is 3.23 Å². The summed E-state index contributed by atoms with van der Waals surface area (Å²) in [7, 11) is 0. The van der Waals surface area contributed by atoms with Gasteiger partial charge in [0, 0.05) is 0 Å². The van der Waals surface area contributed by atoms with Crippen LogP contribution >= 0.6 is 31.9 Å². The van der Waals surface area contributed by atoms with Gasteiger partial charge in [-0.25, -0.2) is 0 Å². The third-order valence-electron chi connectivity index (χ3n) is 0.529. The second kappa shape index (κ2) is 3.48. The highest BCUT2D eigenvalue weighted by molar-refractivity contribution is 9.25. The zero-order valence-corrected chi connectivity index (χ0v) is 7.18. The van der Waals surface area contributed by atoms with Gasteiger partial charge in [-0.3, -0.25) is 0 Å². The number of aliphatic hydroxyl groups is 2. The monoisotopic (exact) mass is 244 g/mol. The van der Waals surface area contributed by atoms with Gasteiger partial charge in [0.05, 0.1) is 12.9 Å². The molecule has 0 unspecified atom stereocenters. The van der Waals surface area contributed by atoms with E-state index in [0.29, 0.717) is 0 Å². The van der Waals surface area contributed by atoms with Gasteiger partial charge in [0.25, 0.3) is 0 Å². The Balaban J connectivity index is 3.71. The summed E-state index contributed by atoms with van der Waals surface area (Å²) in [4.78, 5) is 0. The fraction of sp³-hybridized carbons (Fsp3) is 0.500. The van der Waals surface area contributed by atoms with E-state index in [1.54, 1.807) is 0 Å². The second-order valence-corrected chi connectivity index (χ2v) is 5.13. The maximum absolute atomic E-state index is 8.47. The van der Waals surface area contributed by atoms with Crippen molar-refractivity contribution in [3.05, 3.63) is 12.3 Å². The molecule has 0 radical (unpaired) electrons. The third-order valence-corrected chi connectivity index (χ3v) is 1.56. The lowest BCUT2D eigenvalue weighted by molar-refractivity contribution is 0.301. The molecule has 48 valence electrons. The van der Waals surface area contributed by atoms with Gasteiger partial charge >= 0.3 is 0 Å². The average Bonchev–Trinajstić information content (AvgIpc) is 1.67. The van der Waals surface area contributed by atoms with Crippen LogP contribution in [0.25, 0.3) is 0 Å². The van der Waals surface area contributed by atoms with Gasteiger partial charge in [0.15, 0.2) is 0 Å². The zero-order chi connectivity index (χ0) is 6.62. The maximum Gasteiger partial charge on any atom is 0.124 e. The van der Waals surface area contributed by atoms with Gasteiger partial charge in [-0.1, -0.05) is 31.9 Å². The minimum atomic E-state index is -0.658. The predicted octanol–water partition coefficient (Wildman–Crippen LogP) is 1.54. The van der Waals surface area contributed by atoms with Crippen molar-refractivity contribution in [3.8, 4) is 0 Å². The largest absolute Gasteiger partial charge is 0.516 e. The molecule has 0 bridgehead atoms. The van der Waals surface area contributed by atoms with Crippen molar-refractivity contribution in [1.82, 2.24) is 0 Å². The predicted molar refractivity (Wildman–Crippen MR) is 39.4 cm³/mol. The maximum atomic E-state index is 8.47. The Bertz CT molecular complexity index is 90.0. The SMILES string of the molecule is O/C=C/C(Br)(Br)CO. The van der Waals surface area contributed by atoms with E-state index in [1.807, 2.05) is 0 Å². The van der Waals surface area contributed by atoms with Crippen molar-refractivity contribution in [1.29, 1.82) is 0 Å². The fourth-order valence-electron chi connectivity index (χ4n) is 0.162. The van der Waals surface area contributed by atoms with Crippen LogP contribution in [0.2, 0.25) is 0 Å². The van der Waals surface area contributed by atoms with Gasteiger partial charge in [0.1, 0.15) is 3.23 Å². The number of alkyl halides is 2. The third kappa shape index (κ3) is 3.46. The van der Waals surface area contributed by atoms with Crippen LogP contribution in [0.4, 0.5) is 0 Å². The lowest BCUT2D eigenvalue weighted by Crippen LogP contribution is -2.12. The summed E-state index contributed by atoms with van der Waals surface area (Å²) in [6.07, 6.45) is 2.24. The highest BCUT2D eigenvalue weighted by Crippen LogP contribution is 2.26. The number of aliphatic hydroxyl groups excluding tert-OH is 2. The number of rotatable bonds is 2. The lowest BCUT2D eigenvalue weighted by Gasteiger charge is -2.08. The van der Waals surface area contributed by atoms with Gasteiger partial charge in [0.2, 0.25) is 0 Å². The quantitative estimate of drug-likeness (QED) is 0.573. The molecule has 2 nitrogen and oxygen atoms in total. The molecule has 0 aromatic heterocycles. The second-order valence-electron chi connectivity index (χ2n) is 1.23. The van der Waals surface area contributed by atoms with Gasteiger partial charge in [-0.2, -0.15) is 0 Å². The van der Waals surface area contributed by atoms with Crippen LogP contribution in [0, 0.1) is 0 Å². The van der Waals surface area contributed by atoms with Crippen LogP contribution in [0.1, 0.15) is 0 Å². The summed E-state index contributed by atoms with van der Waals surface area (Å²) in [5.41, 5.74) is 0. The minimum Gasteiger partial charge on any atom is -0.516 e. The summed E-state index contributed by atoms with van der Waals surface area (Å²) < 4.78 is -0.658. The first-order chi connectivity index (χ1) is 3.62. The van der Waals surface area contributed by atoms with Crippen LogP contribution in [0.15, 0.2) is 12.3 Å². The van der Waals surface area contributed by atoms with Crippen molar-refractivity contribution < 1.29 is 10.2 Å². The highest BCUT2D eigenvalue weighted by Gasteiger charge is 2.15. The average molecular weight is 246 g/mol. The van der Waals surface area contributed by atoms with E-state index in [-0.39, 0.29) is 6.61 Å². The first-order valence-electron chi connectivity index (χ1n) is 1.93. The fourth-order valence-corrected chi connectivity index (χ4v) is 0.398. The Morgan fingerprint density at radius 2 is 2.00 bits per heavy atom. The van der Waals surface area contributed by atoms with Crippen LogP contribution in [-0.2, 0) is 0 Å². The minimum absolute atomic E-state index is 0.107. The molecule has 0 amide bonds. The van der Waals surface area contributed by atoms with Crippen molar-refractivity contribution >= 4 is 31.9 Å². The molecular weight excluding hydrogens is 240 g/mol. The lowest BCUT2D eigenvalue weighted by atomic mass is 10.4. The Labute approximate surface area is 64.5 Å². The van der Waals surface area contributed by atoms with Crippen LogP contribution < -0.4 is 0 Å². The molecule has 0 fully saturated rings. The molecule has 0 spiro atoms. The Morgan fingerprint density at radius 1 is 1.50 bits per heavy atom. The normalized spacial score (nSPS) is 12.9. The highest BCUT2D eigenvalue weighted by atomic mass is 79.9. The van der Waals surface area contributed by atoms with Crippen LogP contribution in [-0.4, -0.2) is 20.1 Å². The van der Waals surface area contributed by atoms with E-state index in [0.717, 1.165) is 6.26 Å². The van der Waals surface area contributed by atoms with E-state index in [9.17, 15) is 0 Å². The van der Waals surface area contributed by atoms with E-state index in [1.165, 1.54) is 6.08 Å². The Morgan fingerprint density at radius 3 is 2.12 bits per heavy atom. The molecule has 0 saturated heterocycles. The smallest absolute Gasteiger partial charge is 0.124 e. The molecule has 0 heterocycles. The van der Waals surface area contributed by atoms with Gasteiger partial charge in [-0.15, -0.1) is 0 Å². The Kier molecular flexibility index (Phi) is 3.68. The summed E-state index contributed by atoms with van der Waals surface area (Å²) in [5, 5.41) is 16.7. The number of hydrogen-bond acceptors (Lipinski definition) is 2. The summed E-state index contributed by atoms with van der Waals surface area (Å²) in [5.74, 6) is 0. The summed E-state index contributed by atoms with van der Waals surface area (Å²) in [6, 6.07) is 0. The van der Waals surface area contributed by atoms with Crippen molar-refractivity contribution in [2.75, 3.05) is 6.61 Å². The molecular formula is C4H6Br2O2. The molecule has 0 aromatic carbocycles. The molecule has 0 aliphatic heterocycles. The first kappa shape index (κ1) is 8.46. The topological polar surface area (TPSA) is 40.5 Å². The molecule has 0 aromatic rings. The number of halogens is 2. The van der Waals surface area contributed by atoms with E-state index in [2.05, 4.69) is 31.9 Å². The van der Waals surface area contributed by atoms with Gasteiger partial charge < -0.3 is 10.2 Å². The standard InChI is InChI=1S/C4H6Br2O2/c5-4(6,3-8)1-2-7/h1-2,7-8H,3H2/b2-1+. The van der Waals surface area contributed by atoms with E-state index in [4.69, 9.17) is 10.2 Å². The number of hydrogen-bond donors (Lipinski definition) is 2. The van der Waals surface area contributed by atoms with Crippen molar-refractivity contribution in [3.63, 3.8) is 0 Å². The molecule has 0 rings (SSSR count). The molecule has 0 atom stereocenters. The molecule has 2 N–H and O–H groups in total. The van der Waals surface area contributed by atoms with E-state index >= 15 is 0 Å². The van der Waals surface area contributed by atoms with Crippen LogP contribution in [0.5, 0.6) is 0 Å². The summed E-state index contributed by atoms with van der Waals surface area (Å²) in [6.45, 7) is -0.107. The van der Waals surface area contributed by atoms with Crippen molar-refractivity contribution in [2.24, 2.45) is 0 Å². The first-order valence-corrected chi connectivity index (χ1v) is 3.51. The molecule has 8 heavy (non-hydrogen) atoms. The van der Waals surface area contributed by atoms with Gasteiger partial charge in [-0.05, 0) is 6.08 Å². The molecule has 0 aliphatic rings. The zero-order valence-electron chi connectivity index (χ0n) is 4.01. The van der Waals surface area contributed by atoms with Crippen LogP contribution in [0.3, 0.4) is 0 Å². The van der Waals surface area contributed by atoms with Crippen molar-refractivity contribution in [2.45, 2.75) is 3.23 Å². The molecule has 4 heteroatoms. The molecule has 0 aliphatic carbocycles.